The van der Waals surface area contributed by atoms with Crippen LogP contribution >= 0.6 is 0 Å². The number of hydrogen-bond acceptors (Lipinski definition) is 5. The Bertz CT molecular complexity index is 314. The van der Waals surface area contributed by atoms with Gasteiger partial charge in [0.2, 0.25) is 5.91 Å². The molecular weight excluding hydrogens is 238 g/mol. The van der Waals surface area contributed by atoms with Gasteiger partial charge in [-0.25, -0.2) is 4.79 Å². The second kappa shape index (κ2) is 6.01. The molecule has 18 heavy (non-hydrogen) atoms. The van der Waals surface area contributed by atoms with Crippen molar-refractivity contribution >= 4 is 12.0 Å². The second-order valence-electron chi connectivity index (χ2n) is 5.28. The second-order valence-corrected chi connectivity index (χ2v) is 5.28. The lowest BCUT2D eigenvalue weighted by molar-refractivity contribution is -0.126. The third-order valence-electron chi connectivity index (χ3n) is 2.30. The maximum Gasteiger partial charge on any atom is 0.410 e. The van der Waals surface area contributed by atoms with Crippen LogP contribution in [0.5, 0.6) is 0 Å². The minimum Gasteiger partial charge on any atom is -0.444 e. The molecule has 3 N–H and O–H groups in total. The van der Waals surface area contributed by atoms with Crippen molar-refractivity contribution in [3.8, 4) is 0 Å². The Kier molecular flexibility index (Phi) is 4.92. The van der Waals surface area contributed by atoms with Gasteiger partial charge in [-0.3, -0.25) is 9.63 Å². The van der Waals surface area contributed by atoms with E-state index in [1.807, 2.05) is 20.8 Å². The molecule has 7 nitrogen and oxygen atoms in total. The zero-order valence-corrected chi connectivity index (χ0v) is 11.1. The monoisotopic (exact) mass is 259 g/mol. The Balaban J connectivity index is 2.28. The number of nitrogens with two attached hydrogens (primary N) is 1. The predicted molar refractivity (Wildman–Crippen MR) is 64.5 cm³/mol. The summed E-state index contributed by atoms with van der Waals surface area (Å²) in [4.78, 5) is 28.7. The van der Waals surface area contributed by atoms with E-state index >= 15 is 0 Å². The van der Waals surface area contributed by atoms with Crippen LogP contribution < -0.4 is 11.2 Å². The van der Waals surface area contributed by atoms with Gasteiger partial charge in [-0.05, 0) is 27.2 Å². The van der Waals surface area contributed by atoms with Crippen LogP contribution in [0.3, 0.4) is 0 Å². The molecule has 104 valence electrons. The van der Waals surface area contributed by atoms with Gasteiger partial charge in [0.15, 0.2) is 0 Å². The van der Waals surface area contributed by atoms with Gasteiger partial charge in [-0.2, -0.15) is 5.48 Å². The summed E-state index contributed by atoms with van der Waals surface area (Å²) < 4.78 is 5.26. The summed E-state index contributed by atoms with van der Waals surface area (Å²) in [5.41, 5.74) is 7.15. The van der Waals surface area contributed by atoms with Gasteiger partial charge >= 0.3 is 6.09 Å². The summed E-state index contributed by atoms with van der Waals surface area (Å²) in [7, 11) is 0. The third kappa shape index (κ3) is 5.33. The molecule has 0 aromatic heterocycles. The highest BCUT2D eigenvalue weighted by molar-refractivity contribution is 5.74. The predicted octanol–water partition coefficient (Wildman–Crippen LogP) is 0.00230. The minimum atomic E-state index is -0.538. The lowest BCUT2D eigenvalue weighted by atomic mass is 10.2. The molecule has 7 heteroatoms. The van der Waals surface area contributed by atoms with Crippen LogP contribution in [0, 0.1) is 0 Å². The van der Waals surface area contributed by atoms with Crippen LogP contribution in [0.2, 0.25) is 0 Å². The lowest BCUT2D eigenvalue weighted by Crippen LogP contribution is -2.39. The normalized spacial score (nSPS) is 19.9. The Hall–Kier alpha value is -1.34. The average molecular weight is 259 g/mol. The van der Waals surface area contributed by atoms with E-state index < -0.39 is 11.5 Å². The first-order valence-electron chi connectivity index (χ1n) is 5.91. The zero-order valence-electron chi connectivity index (χ0n) is 11.1. The van der Waals surface area contributed by atoms with Crippen molar-refractivity contribution in [2.45, 2.75) is 38.8 Å². The van der Waals surface area contributed by atoms with Crippen molar-refractivity contribution in [1.29, 1.82) is 0 Å². The maximum absolute atomic E-state index is 11.7. The molecule has 1 unspecified atom stereocenters. The fraction of sp³-hybridized carbons (Fsp3) is 0.818. The Labute approximate surface area is 107 Å². The van der Waals surface area contributed by atoms with Crippen molar-refractivity contribution in [2.24, 2.45) is 5.73 Å². The number of carbonyl (C=O) groups is 2. The first-order chi connectivity index (χ1) is 8.28. The molecule has 0 aromatic rings. The molecule has 0 radical (unpaired) electrons. The van der Waals surface area contributed by atoms with Crippen molar-refractivity contribution in [2.75, 3.05) is 19.7 Å². The van der Waals surface area contributed by atoms with Gasteiger partial charge < -0.3 is 15.4 Å². The number of amides is 2. The van der Waals surface area contributed by atoms with Crippen molar-refractivity contribution < 1.29 is 19.2 Å². The van der Waals surface area contributed by atoms with Gasteiger partial charge in [0, 0.05) is 13.1 Å². The van der Waals surface area contributed by atoms with Gasteiger partial charge in [-0.15, -0.1) is 0 Å². The summed E-state index contributed by atoms with van der Waals surface area (Å²) >= 11 is 0. The largest absolute Gasteiger partial charge is 0.444 e. The van der Waals surface area contributed by atoms with Crippen molar-refractivity contribution in [3.05, 3.63) is 0 Å². The molecule has 1 atom stereocenters. The van der Waals surface area contributed by atoms with E-state index in [2.05, 4.69) is 5.48 Å². The van der Waals surface area contributed by atoms with Crippen LogP contribution in [0.1, 0.15) is 27.2 Å². The topological polar surface area (TPSA) is 93.9 Å². The van der Waals surface area contributed by atoms with E-state index in [-0.39, 0.29) is 18.7 Å². The molecule has 1 fully saturated rings. The molecule has 1 saturated heterocycles. The minimum absolute atomic E-state index is 0.00290. The molecule has 0 saturated carbocycles. The highest BCUT2D eigenvalue weighted by Crippen LogP contribution is 2.15. The number of ether oxygens (including phenoxy) is 1. The van der Waals surface area contributed by atoms with Crippen LogP contribution in [0.25, 0.3) is 0 Å². The third-order valence-corrected chi connectivity index (χ3v) is 2.30. The average Bonchev–Trinajstić information content (AvgIpc) is 2.63. The number of carbonyl (C=O) groups excluding carboxylic acids is 2. The first kappa shape index (κ1) is 14.7. The lowest BCUT2D eigenvalue weighted by Gasteiger charge is -2.24. The van der Waals surface area contributed by atoms with Crippen LogP contribution in [0.4, 0.5) is 4.79 Å². The number of likely N-dealkylation sites (tertiary alicyclic amines) is 1. The van der Waals surface area contributed by atoms with Gasteiger partial charge in [0.25, 0.3) is 0 Å². The molecule has 0 spiro atoms. The quantitative estimate of drug-likeness (QED) is 0.693. The highest BCUT2D eigenvalue weighted by atomic mass is 16.6. The SMILES string of the molecule is CC(C)(C)OC(=O)N1CCC(NOCC(N)=O)C1. The number of primary amides is 1. The molecule has 1 rings (SSSR count). The Morgan fingerprint density at radius 1 is 1.44 bits per heavy atom. The van der Waals surface area contributed by atoms with E-state index in [1.54, 1.807) is 4.90 Å². The molecule has 0 aliphatic carbocycles. The molecule has 2 amide bonds. The molecular formula is C11H21N3O4. The van der Waals surface area contributed by atoms with Gasteiger partial charge in [0.1, 0.15) is 12.2 Å². The number of rotatable bonds is 4. The van der Waals surface area contributed by atoms with Gasteiger partial charge in [0.05, 0.1) is 6.04 Å². The molecule has 1 aliphatic rings. The Morgan fingerprint density at radius 3 is 2.67 bits per heavy atom. The highest BCUT2D eigenvalue weighted by Gasteiger charge is 2.29. The van der Waals surface area contributed by atoms with E-state index in [1.165, 1.54) is 0 Å². The fourth-order valence-corrected chi connectivity index (χ4v) is 1.58. The van der Waals surface area contributed by atoms with E-state index in [4.69, 9.17) is 15.3 Å². The van der Waals surface area contributed by atoms with Crippen LogP contribution in [-0.2, 0) is 14.4 Å². The number of hydroxylamine groups is 1. The summed E-state index contributed by atoms with van der Waals surface area (Å²) in [6.07, 6.45) is 0.416. The molecule has 0 bridgehead atoms. The molecule has 0 aromatic carbocycles. The fourth-order valence-electron chi connectivity index (χ4n) is 1.58. The Morgan fingerprint density at radius 2 is 2.11 bits per heavy atom. The first-order valence-corrected chi connectivity index (χ1v) is 5.91. The number of hydrogen-bond donors (Lipinski definition) is 2. The number of nitrogens with one attached hydrogen (secondary N) is 1. The maximum atomic E-state index is 11.7. The standard InChI is InChI=1S/C11H21N3O4/c1-11(2,3)18-10(16)14-5-4-8(6-14)13-17-7-9(12)15/h8,13H,4-7H2,1-3H3,(H2,12,15). The summed E-state index contributed by atoms with van der Waals surface area (Å²) in [5, 5.41) is 0. The summed E-state index contributed by atoms with van der Waals surface area (Å²) in [6, 6.07) is -0.00290. The smallest absolute Gasteiger partial charge is 0.410 e. The van der Waals surface area contributed by atoms with Crippen LogP contribution in [0.15, 0.2) is 0 Å². The zero-order chi connectivity index (χ0) is 13.8. The number of nitrogens with zero attached hydrogens (tertiary/aromatic N) is 1. The molecule has 1 heterocycles. The van der Waals surface area contributed by atoms with E-state index in [0.717, 1.165) is 6.42 Å². The van der Waals surface area contributed by atoms with Gasteiger partial charge in [-0.1, -0.05) is 0 Å². The van der Waals surface area contributed by atoms with E-state index in [9.17, 15) is 9.59 Å². The summed E-state index contributed by atoms with van der Waals surface area (Å²) in [5.74, 6) is -0.538. The van der Waals surface area contributed by atoms with Crippen molar-refractivity contribution in [3.63, 3.8) is 0 Å². The van der Waals surface area contributed by atoms with Crippen LogP contribution in [-0.4, -0.2) is 48.2 Å². The molecule has 1 aliphatic heterocycles. The summed E-state index contributed by atoms with van der Waals surface area (Å²) in [6.45, 7) is 6.40. The van der Waals surface area contributed by atoms with E-state index in [0.29, 0.717) is 13.1 Å². The van der Waals surface area contributed by atoms with Crippen molar-refractivity contribution in [1.82, 2.24) is 10.4 Å².